The highest BCUT2D eigenvalue weighted by molar-refractivity contribution is 5.97. The van der Waals surface area contributed by atoms with Gasteiger partial charge in [-0.05, 0) is 6.92 Å². The van der Waals surface area contributed by atoms with Gasteiger partial charge in [0.05, 0.1) is 13.1 Å². The summed E-state index contributed by atoms with van der Waals surface area (Å²) in [7, 11) is 1.61. The van der Waals surface area contributed by atoms with Crippen molar-refractivity contribution in [2.75, 3.05) is 33.2 Å². The van der Waals surface area contributed by atoms with Crippen molar-refractivity contribution in [3.05, 3.63) is 41.7 Å². The summed E-state index contributed by atoms with van der Waals surface area (Å²) in [6.45, 7) is 2.86. The van der Waals surface area contributed by atoms with Gasteiger partial charge in [0.1, 0.15) is 17.6 Å². The Hall–Kier alpha value is -3.16. The molecule has 8 heteroatoms. The second kappa shape index (κ2) is 6.53. The summed E-state index contributed by atoms with van der Waals surface area (Å²) >= 11 is 0. The van der Waals surface area contributed by atoms with E-state index in [1.165, 1.54) is 4.90 Å². The van der Waals surface area contributed by atoms with Gasteiger partial charge in [-0.2, -0.15) is 0 Å². The number of rotatable bonds is 2. The fraction of sp³-hybridized carbons (Fsp3) is 0.368. The largest absolute Gasteiger partial charge is 0.341 e. The summed E-state index contributed by atoms with van der Waals surface area (Å²) < 4.78 is 0. The smallest absolute Gasteiger partial charge is 0.274 e. The van der Waals surface area contributed by atoms with Crippen LogP contribution in [-0.4, -0.2) is 81.7 Å². The van der Waals surface area contributed by atoms with Crippen LogP contribution in [0.1, 0.15) is 16.2 Å². The number of H-pyrrole nitrogens is 1. The van der Waals surface area contributed by atoms with E-state index in [2.05, 4.69) is 9.97 Å². The number of amides is 3. The molecule has 27 heavy (non-hydrogen) atoms. The molecule has 4 rings (SSSR count). The molecule has 2 saturated heterocycles. The number of piperazine rings is 2. The zero-order chi connectivity index (χ0) is 19.1. The Balaban J connectivity index is 1.56. The number of likely N-dealkylation sites (N-methyl/N-ethyl adjacent to an activating group) is 1. The zero-order valence-electron chi connectivity index (χ0n) is 15.3. The molecule has 0 spiro atoms. The number of fused-ring (bicyclic) bond motifs is 1. The minimum absolute atomic E-state index is 0.0727. The van der Waals surface area contributed by atoms with Crippen molar-refractivity contribution in [2.24, 2.45) is 0 Å². The van der Waals surface area contributed by atoms with Gasteiger partial charge in [0.15, 0.2) is 0 Å². The van der Waals surface area contributed by atoms with Crippen LogP contribution < -0.4 is 0 Å². The van der Waals surface area contributed by atoms with E-state index in [0.717, 1.165) is 5.56 Å². The number of nitrogens with one attached hydrogen (secondary N) is 1. The van der Waals surface area contributed by atoms with Crippen LogP contribution in [0.25, 0.3) is 11.4 Å². The summed E-state index contributed by atoms with van der Waals surface area (Å²) in [5.41, 5.74) is 1.94. The van der Waals surface area contributed by atoms with Crippen molar-refractivity contribution in [3.8, 4) is 11.4 Å². The fourth-order valence-corrected chi connectivity index (χ4v) is 3.65. The lowest BCUT2D eigenvalue weighted by atomic mass is 10.1. The number of aromatic amines is 1. The van der Waals surface area contributed by atoms with Gasteiger partial charge in [-0.15, -0.1) is 0 Å². The summed E-state index contributed by atoms with van der Waals surface area (Å²) in [5.74, 6) is 0.213. The van der Waals surface area contributed by atoms with Gasteiger partial charge in [-0.25, -0.2) is 4.98 Å². The van der Waals surface area contributed by atoms with Crippen molar-refractivity contribution in [1.82, 2.24) is 24.7 Å². The molecule has 0 aliphatic carbocycles. The van der Waals surface area contributed by atoms with Crippen LogP contribution in [-0.2, 0) is 9.59 Å². The van der Waals surface area contributed by atoms with Crippen molar-refractivity contribution >= 4 is 17.7 Å². The quantitative estimate of drug-likeness (QED) is 0.838. The van der Waals surface area contributed by atoms with Gasteiger partial charge < -0.3 is 19.7 Å². The number of imidazole rings is 1. The highest BCUT2D eigenvalue weighted by atomic mass is 16.2. The number of aromatic nitrogens is 2. The van der Waals surface area contributed by atoms with Gasteiger partial charge in [0, 0.05) is 31.4 Å². The molecule has 0 bridgehead atoms. The molecule has 0 saturated carbocycles. The highest BCUT2D eigenvalue weighted by Gasteiger charge is 2.42. The minimum Gasteiger partial charge on any atom is -0.341 e. The molecule has 2 fully saturated rings. The van der Waals surface area contributed by atoms with E-state index in [0.29, 0.717) is 30.3 Å². The number of benzene rings is 1. The summed E-state index contributed by atoms with van der Waals surface area (Å²) in [6.07, 6.45) is 0. The molecule has 1 atom stereocenters. The first-order valence-electron chi connectivity index (χ1n) is 8.91. The molecule has 140 valence electrons. The third-order valence-corrected chi connectivity index (χ3v) is 5.16. The van der Waals surface area contributed by atoms with Gasteiger partial charge in [0.25, 0.3) is 5.91 Å². The van der Waals surface area contributed by atoms with Gasteiger partial charge in [-0.3, -0.25) is 14.4 Å². The predicted molar refractivity (Wildman–Crippen MR) is 97.8 cm³/mol. The summed E-state index contributed by atoms with van der Waals surface area (Å²) in [5, 5.41) is 0. The predicted octanol–water partition coefficient (Wildman–Crippen LogP) is 0.510. The van der Waals surface area contributed by atoms with E-state index in [-0.39, 0.29) is 30.8 Å². The first-order valence-corrected chi connectivity index (χ1v) is 8.91. The summed E-state index contributed by atoms with van der Waals surface area (Å²) in [6, 6.07) is 8.99. The first kappa shape index (κ1) is 17.3. The van der Waals surface area contributed by atoms with Crippen molar-refractivity contribution in [3.63, 3.8) is 0 Å². The average Bonchev–Trinajstić information content (AvgIpc) is 3.07. The number of hydrogen-bond donors (Lipinski definition) is 1. The Labute approximate surface area is 156 Å². The SMILES string of the molecule is Cc1[nH]c(-c2ccccc2)nc1C(=O)N1CCN2C(=O)CN(C)C(=O)[C@H]2C1. The van der Waals surface area contributed by atoms with E-state index >= 15 is 0 Å². The number of carbonyl (C=O) groups excluding carboxylic acids is 3. The zero-order valence-corrected chi connectivity index (χ0v) is 15.3. The van der Waals surface area contributed by atoms with E-state index in [9.17, 15) is 14.4 Å². The second-order valence-corrected chi connectivity index (χ2v) is 6.97. The van der Waals surface area contributed by atoms with Crippen LogP contribution in [0.5, 0.6) is 0 Å². The molecule has 3 heterocycles. The molecule has 8 nitrogen and oxygen atoms in total. The van der Waals surface area contributed by atoms with E-state index < -0.39 is 6.04 Å². The van der Waals surface area contributed by atoms with Gasteiger partial charge in [-0.1, -0.05) is 30.3 Å². The van der Waals surface area contributed by atoms with E-state index in [1.54, 1.807) is 16.8 Å². The third kappa shape index (κ3) is 2.97. The van der Waals surface area contributed by atoms with Crippen LogP contribution in [0.3, 0.4) is 0 Å². The third-order valence-electron chi connectivity index (χ3n) is 5.16. The molecule has 2 aliphatic heterocycles. The fourth-order valence-electron chi connectivity index (χ4n) is 3.65. The van der Waals surface area contributed by atoms with Gasteiger partial charge in [0.2, 0.25) is 11.8 Å². The Morgan fingerprint density at radius 1 is 1.19 bits per heavy atom. The number of carbonyl (C=O) groups is 3. The van der Waals surface area contributed by atoms with Crippen LogP contribution in [0.15, 0.2) is 30.3 Å². The lowest BCUT2D eigenvalue weighted by Gasteiger charge is -2.45. The molecular formula is C19H21N5O3. The van der Waals surface area contributed by atoms with Crippen LogP contribution >= 0.6 is 0 Å². The Morgan fingerprint density at radius 2 is 1.93 bits per heavy atom. The molecule has 2 aromatic rings. The van der Waals surface area contributed by atoms with Crippen LogP contribution in [0, 0.1) is 6.92 Å². The number of aryl methyl sites for hydroxylation is 1. The topological polar surface area (TPSA) is 89.6 Å². The average molecular weight is 367 g/mol. The Kier molecular flexibility index (Phi) is 4.18. The number of hydrogen-bond acceptors (Lipinski definition) is 4. The minimum atomic E-state index is -0.609. The first-order chi connectivity index (χ1) is 13.0. The number of nitrogens with zero attached hydrogens (tertiary/aromatic N) is 4. The van der Waals surface area contributed by atoms with E-state index in [1.807, 2.05) is 37.3 Å². The molecule has 1 N–H and O–H groups in total. The maximum Gasteiger partial charge on any atom is 0.274 e. The molecular weight excluding hydrogens is 346 g/mol. The molecule has 2 aliphatic rings. The monoisotopic (exact) mass is 367 g/mol. The van der Waals surface area contributed by atoms with Crippen molar-refractivity contribution < 1.29 is 14.4 Å². The molecule has 1 aromatic carbocycles. The Bertz CT molecular complexity index is 907. The molecule has 3 amide bonds. The van der Waals surface area contributed by atoms with Crippen molar-refractivity contribution in [2.45, 2.75) is 13.0 Å². The Morgan fingerprint density at radius 3 is 2.67 bits per heavy atom. The maximum absolute atomic E-state index is 13.0. The molecule has 1 aromatic heterocycles. The van der Waals surface area contributed by atoms with Gasteiger partial charge >= 0.3 is 0 Å². The van der Waals surface area contributed by atoms with Crippen LogP contribution in [0.4, 0.5) is 0 Å². The lowest BCUT2D eigenvalue weighted by molar-refractivity contribution is -0.157. The lowest BCUT2D eigenvalue weighted by Crippen LogP contribution is -2.66. The molecule has 0 radical (unpaired) electrons. The van der Waals surface area contributed by atoms with E-state index in [4.69, 9.17) is 0 Å². The highest BCUT2D eigenvalue weighted by Crippen LogP contribution is 2.22. The molecule has 0 unspecified atom stereocenters. The van der Waals surface area contributed by atoms with Crippen LogP contribution in [0.2, 0.25) is 0 Å². The normalized spacial score (nSPS) is 20.1. The standard InChI is InChI=1S/C19H21N5O3/c1-12-16(21-17(20-12)13-6-4-3-5-7-13)19(27)23-8-9-24-14(10-23)18(26)22(2)11-15(24)25/h3-7,14H,8-11H2,1-2H3,(H,20,21)/t14-/m1/s1. The summed E-state index contributed by atoms with van der Waals surface area (Å²) in [4.78, 5) is 49.9. The van der Waals surface area contributed by atoms with Crippen molar-refractivity contribution in [1.29, 1.82) is 0 Å². The second-order valence-electron chi connectivity index (χ2n) is 6.97. The maximum atomic E-state index is 13.0.